The molecule has 0 radical (unpaired) electrons. The van der Waals surface area contributed by atoms with Crippen LogP contribution in [0.5, 0.6) is 0 Å². The van der Waals surface area contributed by atoms with E-state index in [2.05, 4.69) is 23.2 Å². The Hall–Kier alpha value is -1.80. The van der Waals surface area contributed by atoms with Gasteiger partial charge in [-0.2, -0.15) is 0 Å². The molecule has 2 aromatic carbocycles. The molecule has 0 amide bonds. The van der Waals surface area contributed by atoms with Crippen molar-refractivity contribution >= 4 is 33.9 Å². The van der Waals surface area contributed by atoms with Gasteiger partial charge in [-0.15, -0.1) is 0 Å². The lowest BCUT2D eigenvalue weighted by atomic mass is 10.1. The number of para-hydroxylation sites is 1. The maximum atomic E-state index is 5.34. The predicted octanol–water partition coefficient (Wildman–Crippen LogP) is 4.12. The Labute approximate surface area is 98.4 Å². The maximum absolute atomic E-state index is 5.34. The van der Waals surface area contributed by atoms with Gasteiger partial charge in [-0.3, -0.25) is 0 Å². The minimum absolute atomic E-state index is 0.664. The fourth-order valence-electron chi connectivity index (χ4n) is 1.87. The Morgan fingerprint density at radius 1 is 0.812 bits per heavy atom. The van der Waals surface area contributed by atoms with Gasteiger partial charge in [-0.25, -0.2) is 4.98 Å². The van der Waals surface area contributed by atoms with Gasteiger partial charge < -0.3 is 0 Å². The summed E-state index contributed by atoms with van der Waals surface area (Å²) in [4.78, 5) is 4.48. The van der Waals surface area contributed by atoms with E-state index < -0.39 is 0 Å². The minimum atomic E-state index is 0.664. The normalized spacial score (nSPS) is 10.8. The quantitative estimate of drug-likeness (QED) is 0.532. The van der Waals surface area contributed by atoms with E-state index >= 15 is 0 Å². The van der Waals surface area contributed by atoms with Crippen molar-refractivity contribution < 1.29 is 0 Å². The lowest BCUT2D eigenvalue weighted by molar-refractivity contribution is 1.43. The Kier molecular flexibility index (Phi) is 2.15. The second-order valence-electron chi connectivity index (χ2n) is 3.71. The summed E-state index contributed by atoms with van der Waals surface area (Å²) >= 11 is 5.34. The van der Waals surface area contributed by atoms with Crippen molar-refractivity contribution in [2.24, 2.45) is 0 Å². The average molecular weight is 223 g/mol. The van der Waals surface area contributed by atoms with Crippen molar-refractivity contribution in [2.45, 2.75) is 0 Å². The molecule has 0 N–H and O–H groups in total. The van der Waals surface area contributed by atoms with E-state index in [1.165, 1.54) is 0 Å². The van der Waals surface area contributed by atoms with Gasteiger partial charge in [0, 0.05) is 10.8 Å². The van der Waals surface area contributed by atoms with Gasteiger partial charge in [0.25, 0.3) is 0 Å². The lowest BCUT2D eigenvalue weighted by Crippen LogP contribution is -1.71. The summed E-state index contributed by atoms with van der Waals surface area (Å²) in [6.45, 7) is 0. The molecule has 0 bridgehead atoms. The Morgan fingerprint density at radius 3 is 2.38 bits per heavy atom. The third kappa shape index (κ3) is 1.48. The third-order valence-corrected chi connectivity index (χ3v) is 2.97. The lowest BCUT2D eigenvalue weighted by Gasteiger charge is -1.89. The van der Waals surface area contributed by atoms with Gasteiger partial charge >= 0.3 is 0 Å². The zero-order valence-corrected chi connectivity index (χ0v) is 9.37. The summed E-state index contributed by atoms with van der Waals surface area (Å²) in [5.74, 6) is 0. The molecule has 3 aromatic rings. The number of rotatable bonds is 0. The van der Waals surface area contributed by atoms with Crippen molar-refractivity contribution in [3.05, 3.63) is 59.2 Å². The topological polar surface area (TPSA) is 12.9 Å². The molecule has 1 nitrogen and oxygen atoms in total. The van der Waals surface area contributed by atoms with E-state index in [0.29, 0.717) is 4.64 Å². The molecule has 0 fully saturated rings. The second-order valence-corrected chi connectivity index (χ2v) is 4.09. The van der Waals surface area contributed by atoms with E-state index in [0.717, 1.165) is 21.7 Å². The number of benzene rings is 2. The van der Waals surface area contributed by atoms with Crippen molar-refractivity contribution in [2.75, 3.05) is 0 Å². The number of hydrogen-bond acceptors (Lipinski definition) is 2. The molecule has 2 heteroatoms. The molecular formula is C14H9NS. The van der Waals surface area contributed by atoms with Crippen LogP contribution in [0.25, 0.3) is 21.7 Å². The third-order valence-electron chi connectivity index (χ3n) is 2.66. The van der Waals surface area contributed by atoms with Crippen molar-refractivity contribution in [1.29, 1.82) is 0 Å². The summed E-state index contributed by atoms with van der Waals surface area (Å²) < 4.78 is 0.664. The summed E-state index contributed by atoms with van der Waals surface area (Å²) in [7, 11) is 0. The molecule has 0 aliphatic heterocycles. The molecule has 0 aliphatic carbocycles. The van der Waals surface area contributed by atoms with Gasteiger partial charge in [-0.1, -0.05) is 54.7 Å². The largest absolute Gasteiger partial charge is 0.236 e. The van der Waals surface area contributed by atoms with Gasteiger partial charge in [0.15, 0.2) is 0 Å². The van der Waals surface area contributed by atoms with Gasteiger partial charge in [0.2, 0.25) is 0 Å². The van der Waals surface area contributed by atoms with E-state index in [1.807, 2.05) is 36.4 Å². The molecule has 0 unspecified atom stereocenters. The monoisotopic (exact) mass is 223 g/mol. The van der Waals surface area contributed by atoms with E-state index in [1.54, 1.807) is 0 Å². The highest BCUT2D eigenvalue weighted by molar-refractivity contribution is 7.71. The highest BCUT2D eigenvalue weighted by atomic mass is 32.1. The second kappa shape index (κ2) is 3.65. The van der Waals surface area contributed by atoms with Crippen LogP contribution in [0.2, 0.25) is 0 Å². The van der Waals surface area contributed by atoms with Crippen LogP contribution in [0, 0.1) is 4.64 Å². The molecule has 1 aromatic heterocycles. The molecule has 3 rings (SSSR count). The van der Waals surface area contributed by atoms with Crippen molar-refractivity contribution in [3.8, 4) is 0 Å². The summed E-state index contributed by atoms with van der Waals surface area (Å²) in [6, 6.07) is 18.3. The predicted molar refractivity (Wildman–Crippen MR) is 70.1 cm³/mol. The molecule has 76 valence electrons. The summed E-state index contributed by atoms with van der Waals surface area (Å²) in [6.07, 6.45) is 0. The van der Waals surface area contributed by atoms with Crippen LogP contribution >= 0.6 is 12.2 Å². The maximum Gasteiger partial charge on any atom is 0.134 e. The first-order valence-corrected chi connectivity index (χ1v) is 5.54. The van der Waals surface area contributed by atoms with Crippen molar-refractivity contribution in [1.82, 2.24) is 4.98 Å². The smallest absolute Gasteiger partial charge is 0.134 e. The Bertz CT molecular complexity index is 734. The van der Waals surface area contributed by atoms with Crippen LogP contribution in [0.15, 0.2) is 54.6 Å². The molecule has 0 aliphatic rings. The molecular weight excluding hydrogens is 214 g/mol. The first-order valence-electron chi connectivity index (χ1n) is 5.13. The van der Waals surface area contributed by atoms with E-state index in [-0.39, 0.29) is 0 Å². The Balaban J connectivity index is 2.65. The molecule has 0 saturated carbocycles. The standard InChI is InChI=1S/C14H9NS/c16-14-12-7-3-1-5-10(12)9-11-6-2-4-8-13(11)15-14/h1-9H. The molecule has 16 heavy (non-hydrogen) atoms. The molecule has 0 saturated heterocycles. The average Bonchev–Trinajstić information content (AvgIpc) is 2.45. The number of nitrogens with zero attached hydrogens (tertiary/aromatic N) is 1. The summed E-state index contributed by atoms with van der Waals surface area (Å²) in [5, 5.41) is 3.30. The fraction of sp³-hybridized carbons (Fsp3) is 0. The van der Waals surface area contributed by atoms with Crippen LogP contribution in [0.4, 0.5) is 0 Å². The zero-order chi connectivity index (χ0) is 11.0. The highest BCUT2D eigenvalue weighted by Gasteiger charge is 1.97. The van der Waals surface area contributed by atoms with Gasteiger partial charge in [-0.05, 0) is 17.5 Å². The number of hydrogen-bond donors (Lipinski definition) is 0. The van der Waals surface area contributed by atoms with Crippen LogP contribution < -0.4 is 0 Å². The number of fused-ring (bicyclic) bond motifs is 2. The molecule has 1 heterocycles. The molecule has 0 spiro atoms. The van der Waals surface area contributed by atoms with E-state index in [9.17, 15) is 0 Å². The first-order chi connectivity index (χ1) is 7.84. The van der Waals surface area contributed by atoms with E-state index in [4.69, 9.17) is 12.2 Å². The minimum Gasteiger partial charge on any atom is -0.236 e. The van der Waals surface area contributed by atoms with Crippen molar-refractivity contribution in [3.63, 3.8) is 0 Å². The molecule has 0 atom stereocenters. The van der Waals surface area contributed by atoms with Crippen LogP contribution in [0.3, 0.4) is 0 Å². The SMILES string of the molecule is S=c1nc2ccccc2cc2ccccc12. The van der Waals surface area contributed by atoms with Crippen LogP contribution in [-0.4, -0.2) is 4.98 Å². The van der Waals surface area contributed by atoms with Gasteiger partial charge in [0.05, 0.1) is 5.52 Å². The van der Waals surface area contributed by atoms with Crippen LogP contribution in [0.1, 0.15) is 0 Å². The zero-order valence-electron chi connectivity index (χ0n) is 8.55. The Morgan fingerprint density at radius 2 is 1.50 bits per heavy atom. The summed E-state index contributed by atoms with van der Waals surface area (Å²) in [5.41, 5.74) is 0.948. The van der Waals surface area contributed by atoms with Crippen LogP contribution in [-0.2, 0) is 0 Å². The first kappa shape index (κ1) is 9.43. The highest BCUT2D eigenvalue weighted by Crippen LogP contribution is 2.18. The van der Waals surface area contributed by atoms with Gasteiger partial charge in [0.1, 0.15) is 4.64 Å². The fourth-order valence-corrected chi connectivity index (χ4v) is 2.15. The number of aromatic nitrogens is 1.